The van der Waals surface area contributed by atoms with E-state index in [4.69, 9.17) is 0 Å². The van der Waals surface area contributed by atoms with Crippen LogP contribution in [0.1, 0.15) is 5.01 Å². The van der Waals surface area contributed by atoms with Crippen molar-refractivity contribution in [2.24, 2.45) is 0 Å². The van der Waals surface area contributed by atoms with Crippen LogP contribution in [0.3, 0.4) is 0 Å². The molecular weight excluding hydrogens is 306 g/mol. The van der Waals surface area contributed by atoms with Crippen LogP contribution in [-0.4, -0.2) is 9.91 Å². The first-order chi connectivity index (χ1) is 8.16. The number of halogens is 1. The molecule has 7 heteroatoms. The molecule has 2 aromatic rings. The predicted octanol–water partition coefficient (Wildman–Crippen LogP) is 3.43. The first kappa shape index (κ1) is 12.0. The number of anilines is 1. The van der Waals surface area contributed by atoms with E-state index < -0.39 is 4.92 Å². The molecule has 1 aromatic heterocycles. The highest BCUT2D eigenvalue weighted by atomic mass is 79.9. The van der Waals surface area contributed by atoms with Crippen molar-refractivity contribution in [1.82, 2.24) is 4.98 Å². The van der Waals surface area contributed by atoms with Crippen molar-refractivity contribution in [2.45, 2.75) is 6.54 Å². The summed E-state index contributed by atoms with van der Waals surface area (Å²) in [5, 5.41) is 16.7. The molecule has 1 aromatic carbocycles. The van der Waals surface area contributed by atoms with E-state index in [2.05, 4.69) is 26.2 Å². The summed E-state index contributed by atoms with van der Waals surface area (Å²) in [5.41, 5.74) is 0.877. The summed E-state index contributed by atoms with van der Waals surface area (Å²) in [6.07, 6.45) is 1.74. The average Bonchev–Trinajstić information content (AvgIpc) is 2.78. The van der Waals surface area contributed by atoms with Crippen LogP contribution in [0, 0.1) is 10.1 Å². The molecule has 0 atom stereocenters. The lowest BCUT2D eigenvalue weighted by Gasteiger charge is -2.04. The molecule has 0 unspecified atom stereocenters. The van der Waals surface area contributed by atoms with Gasteiger partial charge in [0.05, 0.1) is 15.9 Å². The Morgan fingerprint density at radius 2 is 2.35 bits per heavy atom. The van der Waals surface area contributed by atoms with E-state index in [1.807, 2.05) is 5.38 Å². The number of hydrogen-bond acceptors (Lipinski definition) is 5. The lowest BCUT2D eigenvalue weighted by Crippen LogP contribution is -1.99. The van der Waals surface area contributed by atoms with Gasteiger partial charge in [-0.2, -0.15) is 0 Å². The van der Waals surface area contributed by atoms with Gasteiger partial charge in [-0.15, -0.1) is 11.3 Å². The molecule has 0 aliphatic heterocycles. The summed E-state index contributed by atoms with van der Waals surface area (Å²) in [7, 11) is 0. The van der Waals surface area contributed by atoms with Crippen molar-refractivity contribution < 1.29 is 4.92 Å². The summed E-state index contributed by atoms with van der Waals surface area (Å²) in [4.78, 5) is 14.3. The number of aromatic nitrogens is 1. The number of thiazole rings is 1. The van der Waals surface area contributed by atoms with Crippen LogP contribution < -0.4 is 5.32 Å². The van der Waals surface area contributed by atoms with Crippen molar-refractivity contribution in [2.75, 3.05) is 5.32 Å². The zero-order valence-corrected chi connectivity index (χ0v) is 11.0. The molecule has 0 saturated heterocycles. The minimum atomic E-state index is -0.422. The maximum atomic E-state index is 10.6. The molecule has 0 radical (unpaired) electrons. The van der Waals surface area contributed by atoms with Gasteiger partial charge < -0.3 is 5.32 Å². The number of nitro benzene ring substituents is 1. The number of hydrogen-bond donors (Lipinski definition) is 1. The normalized spacial score (nSPS) is 10.2. The molecule has 1 heterocycles. The Labute approximate surface area is 110 Å². The fourth-order valence-corrected chi connectivity index (χ4v) is 2.36. The van der Waals surface area contributed by atoms with Crippen LogP contribution in [0.25, 0.3) is 0 Å². The predicted molar refractivity (Wildman–Crippen MR) is 70.2 cm³/mol. The minimum Gasteiger partial charge on any atom is -0.378 e. The van der Waals surface area contributed by atoms with Gasteiger partial charge in [0.2, 0.25) is 0 Å². The van der Waals surface area contributed by atoms with E-state index in [9.17, 15) is 10.1 Å². The molecule has 1 N–H and O–H groups in total. The van der Waals surface area contributed by atoms with Crippen LogP contribution >= 0.6 is 27.3 Å². The van der Waals surface area contributed by atoms with Crippen molar-refractivity contribution in [1.29, 1.82) is 0 Å². The number of nitro groups is 1. The Bertz CT molecular complexity index is 530. The molecule has 0 fully saturated rings. The van der Waals surface area contributed by atoms with Gasteiger partial charge >= 0.3 is 0 Å². The first-order valence-electron chi connectivity index (χ1n) is 4.73. The highest BCUT2D eigenvalue weighted by molar-refractivity contribution is 9.10. The monoisotopic (exact) mass is 313 g/mol. The Hall–Kier alpha value is -1.47. The fraction of sp³-hybridized carbons (Fsp3) is 0.100. The van der Waals surface area contributed by atoms with Gasteiger partial charge in [0, 0.05) is 23.3 Å². The molecule has 0 aliphatic rings. The van der Waals surface area contributed by atoms with Gasteiger partial charge in [0.1, 0.15) is 5.01 Å². The molecular formula is C10H8BrN3O2S. The summed E-state index contributed by atoms with van der Waals surface area (Å²) >= 11 is 4.73. The second kappa shape index (κ2) is 5.24. The molecule has 0 spiro atoms. The van der Waals surface area contributed by atoms with E-state index in [0.717, 1.165) is 10.7 Å². The van der Waals surface area contributed by atoms with Gasteiger partial charge in [-0.3, -0.25) is 10.1 Å². The Balaban J connectivity index is 2.07. The van der Waals surface area contributed by atoms with E-state index in [1.54, 1.807) is 29.7 Å². The van der Waals surface area contributed by atoms with Crippen molar-refractivity contribution in [3.63, 3.8) is 0 Å². The highest BCUT2D eigenvalue weighted by Crippen LogP contribution is 2.27. The van der Waals surface area contributed by atoms with Crippen LogP contribution in [0.2, 0.25) is 0 Å². The third-order valence-electron chi connectivity index (χ3n) is 2.07. The van der Waals surface area contributed by atoms with E-state index in [1.165, 1.54) is 6.07 Å². The van der Waals surface area contributed by atoms with Gasteiger partial charge in [-0.1, -0.05) is 0 Å². The van der Waals surface area contributed by atoms with Gasteiger partial charge in [-0.25, -0.2) is 4.98 Å². The summed E-state index contributed by atoms with van der Waals surface area (Å²) in [6, 6.07) is 4.83. The molecule has 0 bridgehead atoms. The Morgan fingerprint density at radius 1 is 1.53 bits per heavy atom. The summed E-state index contributed by atoms with van der Waals surface area (Å²) in [6.45, 7) is 0.613. The summed E-state index contributed by atoms with van der Waals surface area (Å²) < 4.78 is 0.464. The van der Waals surface area contributed by atoms with Crippen LogP contribution in [-0.2, 0) is 6.54 Å². The number of rotatable bonds is 4. The number of nitrogens with zero attached hydrogens (tertiary/aromatic N) is 2. The SMILES string of the molecule is O=[N+]([O-])c1ccc(NCc2nccs2)cc1Br. The maximum absolute atomic E-state index is 10.6. The largest absolute Gasteiger partial charge is 0.378 e. The van der Waals surface area contributed by atoms with Crippen molar-refractivity contribution >= 4 is 38.6 Å². The van der Waals surface area contributed by atoms with Crippen molar-refractivity contribution in [3.8, 4) is 0 Å². The van der Waals surface area contributed by atoms with Crippen molar-refractivity contribution in [3.05, 3.63) is 49.4 Å². The quantitative estimate of drug-likeness (QED) is 0.693. The van der Waals surface area contributed by atoms with E-state index >= 15 is 0 Å². The zero-order valence-electron chi connectivity index (χ0n) is 8.59. The average molecular weight is 314 g/mol. The van der Waals surface area contributed by atoms with Gasteiger partial charge in [-0.05, 0) is 28.1 Å². The van der Waals surface area contributed by atoms with Crippen LogP contribution in [0.5, 0.6) is 0 Å². The van der Waals surface area contributed by atoms with E-state index in [0.29, 0.717) is 11.0 Å². The second-order valence-electron chi connectivity index (χ2n) is 3.20. The third kappa shape index (κ3) is 3.01. The van der Waals surface area contributed by atoms with Gasteiger partial charge in [0.25, 0.3) is 5.69 Å². The molecule has 88 valence electrons. The highest BCUT2D eigenvalue weighted by Gasteiger charge is 2.11. The molecule has 17 heavy (non-hydrogen) atoms. The van der Waals surface area contributed by atoms with E-state index in [-0.39, 0.29) is 5.69 Å². The molecule has 5 nitrogen and oxygen atoms in total. The maximum Gasteiger partial charge on any atom is 0.283 e. The standard InChI is InChI=1S/C10H8BrN3O2S/c11-8-5-7(1-2-9(8)14(15)16)13-6-10-12-3-4-17-10/h1-5,13H,6H2. The molecule has 2 rings (SSSR count). The minimum absolute atomic E-state index is 0.0600. The first-order valence-corrected chi connectivity index (χ1v) is 6.40. The number of benzene rings is 1. The molecule has 0 amide bonds. The van der Waals surface area contributed by atoms with Gasteiger partial charge in [0.15, 0.2) is 0 Å². The topological polar surface area (TPSA) is 68.1 Å². The molecule has 0 saturated carbocycles. The Kier molecular flexibility index (Phi) is 3.70. The lowest BCUT2D eigenvalue weighted by molar-refractivity contribution is -0.385. The van der Waals surface area contributed by atoms with Crippen LogP contribution in [0.15, 0.2) is 34.2 Å². The smallest absolute Gasteiger partial charge is 0.283 e. The summed E-state index contributed by atoms with van der Waals surface area (Å²) in [5.74, 6) is 0. The zero-order chi connectivity index (χ0) is 12.3. The Morgan fingerprint density at radius 3 is 2.94 bits per heavy atom. The second-order valence-corrected chi connectivity index (χ2v) is 5.04. The lowest BCUT2D eigenvalue weighted by atomic mass is 10.3. The fourth-order valence-electron chi connectivity index (χ4n) is 1.28. The van der Waals surface area contributed by atoms with Crippen LogP contribution in [0.4, 0.5) is 11.4 Å². The molecule has 0 aliphatic carbocycles. The third-order valence-corrected chi connectivity index (χ3v) is 3.49. The number of nitrogens with one attached hydrogen (secondary N) is 1.